The summed E-state index contributed by atoms with van der Waals surface area (Å²) >= 11 is 0. The van der Waals surface area contributed by atoms with Crippen molar-refractivity contribution in [1.29, 1.82) is 0 Å². The topological polar surface area (TPSA) is 123 Å². The quantitative estimate of drug-likeness (QED) is 0.350. The molecule has 4 aromatic rings. The van der Waals surface area contributed by atoms with Gasteiger partial charge in [-0.05, 0) is 62.6 Å². The van der Waals surface area contributed by atoms with Crippen LogP contribution in [0.2, 0.25) is 0 Å². The van der Waals surface area contributed by atoms with Gasteiger partial charge in [-0.25, -0.2) is 9.97 Å². The molecule has 0 aliphatic carbocycles. The highest BCUT2D eigenvalue weighted by molar-refractivity contribution is 5.95. The number of likely N-dealkylation sites (tertiary alicyclic amines) is 1. The summed E-state index contributed by atoms with van der Waals surface area (Å²) in [4.78, 5) is 22.6. The molecule has 10 heteroatoms. The summed E-state index contributed by atoms with van der Waals surface area (Å²) < 4.78 is 17.2. The van der Waals surface area contributed by atoms with E-state index < -0.39 is 6.61 Å². The van der Waals surface area contributed by atoms with Crippen LogP contribution in [0.1, 0.15) is 29.9 Å². The van der Waals surface area contributed by atoms with Crippen LogP contribution in [0, 0.1) is 13.8 Å². The summed E-state index contributed by atoms with van der Waals surface area (Å²) in [5.74, 6) is 2.47. The largest absolute Gasteiger partial charge is 0.491 e. The number of anilines is 2. The first-order chi connectivity index (χ1) is 18.0. The van der Waals surface area contributed by atoms with E-state index in [1.165, 1.54) is 6.33 Å². The molecule has 192 valence electrons. The Morgan fingerprint density at radius 3 is 2.84 bits per heavy atom. The highest BCUT2D eigenvalue weighted by Crippen LogP contribution is 2.33. The molecule has 0 radical (unpaired) electrons. The number of rotatable bonds is 9. The van der Waals surface area contributed by atoms with Crippen LogP contribution in [0.15, 0.2) is 53.3 Å². The number of fused-ring (bicyclic) bond motifs is 1. The van der Waals surface area contributed by atoms with Crippen LogP contribution in [-0.4, -0.2) is 56.8 Å². The molecule has 1 atom stereocenters. The molecular formula is C27H29N5O5. The number of aryl methyl sites for hydroxylation is 2. The van der Waals surface area contributed by atoms with E-state index >= 15 is 0 Å². The molecule has 1 aliphatic heterocycles. The first-order valence-electron chi connectivity index (χ1n) is 12.2. The fourth-order valence-corrected chi connectivity index (χ4v) is 4.57. The van der Waals surface area contributed by atoms with Crippen LogP contribution >= 0.6 is 0 Å². The van der Waals surface area contributed by atoms with E-state index in [2.05, 4.69) is 20.4 Å². The summed E-state index contributed by atoms with van der Waals surface area (Å²) in [7, 11) is 0. The Labute approximate surface area is 214 Å². The van der Waals surface area contributed by atoms with Crippen molar-refractivity contribution < 1.29 is 23.9 Å². The van der Waals surface area contributed by atoms with Gasteiger partial charge < -0.3 is 29.3 Å². The van der Waals surface area contributed by atoms with Gasteiger partial charge >= 0.3 is 0 Å². The van der Waals surface area contributed by atoms with E-state index in [0.29, 0.717) is 31.3 Å². The van der Waals surface area contributed by atoms with E-state index in [9.17, 15) is 9.90 Å². The third kappa shape index (κ3) is 5.49. The number of aliphatic hydroxyl groups is 1. The van der Waals surface area contributed by atoms with Crippen LogP contribution in [0.25, 0.3) is 10.9 Å². The summed E-state index contributed by atoms with van der Waals surface area (Å²) in [5, 5.41) is 17.4. The Morgan fingerprint density at radius 1 is 1.16 bits per heavy atom. The number of nitrogens with one attached hydrogen (secondary N) is 1. The number of hydrogen-bond donors (Lipinski definition) is 2. The average Bonchev–Trinajstić information content (AvgIpc) is 3.55. The molecule has 0 bridgehead atoms. The number of carbonyl (C=O) groups is 1. The van der Waals surface area contributed by atoms with Crippen molar-refractivity contribution in [2.45, 2.75) is 39.3 Å². The number of aromatic nitrogens is 3. The maximum absolute atomic E-state index is 12.0. The van der Waals surface area contributed by atoms with Crippen LogP contribution < -0.4 is 14.8 Å². The molecule has 0 unspecified atom stereocenters. The van der Waals surface area contributed by atoms with Crippen LogP contribution in [0.3, 0.4) is 0 Å². The maximum atomic E-state index is 12.0. The van der Waals surface area contributed by atoms with Gasteiger partial charge in [0.05, 0.1) is 16.9 Å². The molecule has 0 saturated carbocycles. The number of carbonyl (C=O) groups excluding carboxylic acids is 1. The molecular weight excluding hydrogens is 474 g/mol. The molecule has 1 saturated heterocycles. The van der Waals surface area contributed by atoms with Crippen LogP contribution in [0.4, 0.5) is 11.5 Å². The second-order valence-corrected chi connectivity index (χ2v) is 9.05. The molecule has 2 aromatic carbocycles. The molecule has 37 heavy (non-hydrogen) atoms. The predicted molar refractivity (Wildman–Crippen MR) is 137 cm³/mol. The number of hydrogen-bond acceptors (Lipinski definition) is 9. The molecule has 1 fully saturated rings. The monoisotopic (exact) mass is 503 g/mol. The lowest BCUT2D eigenvalue weighted by Crippen LogP contribution is -2.40. The third-order valence-corrected chi connectivity index (χ3v) is 6.38. The van der Waals surface area contributed by atoms with Gasteiger partial charge in [-0.2, -0.15) is 0 Å². The lowest BCUT2D eigenvalue weighted by atomic mass is 10.1. The van der Waals surface area contributed by atoms with E-state index in [-0.39, 0.29) is 11.9 Å². The zero-order valence-electron chi connectivity index (χ0n) is 20.8. The molecule has 10 nitrogen and oxygen atoms in total. The van der Waals surface area contributed by atoms with Crippen molar-refractivity contribution in [2.75, 3.05) is 25.1 Å². The first-order valence-corrected chi connectivity index (χ1v) is 12.2. The highest BCUT2D eigenvalue weighted by Gasteiger charge is 2.29. The van der Waals surface area contributed by atoms with Crippen molar-refractivity contribution in [3.05, 3.63) is 65.8 Å². The van der Waals surface area contributed by atoms with Gasteiger partial charge in [0.15, 0.2) is 0 Å². The predicted octanol–water partition coefficient (Wildman–Crippen LogP) is 3.92. The number of benzene rings is 2. The minimum atomic E-state index is -0.490. The first kappa shape index (κ1) is 24.5. The third-order valence-electron chi connectivity index (χ3n) is 6.38. The number of nitrogens with zero attached hydrogens (tertiary/aromatic N) is 4. The molecule has 1 aliphatic rings. The molecule has 0 spiro atoms. The Hall–Kier alpha value is -4.18. The highest BCUT2D eigenvalue weighted by atomic mass is 16.5. The SMILES string of the molecule is Cc1cc(COc2ccc(Nc3ncnc4cccc(OC[C@H]5CCCN5C(=O)CO)c34)cc2C)no1. The zero-order chi connectivity index (χ0) is 25.8. The van der Waals surface area contributed by atoms with Gasteiger partial charge in [0.25, 0.3) is 0 Å². The molecule has 5 rings (SSSR count). The van der Waals surface area contributed by atoms with Crippen molar-refractivity contribution >= 4 is 28.3 Å². The van der Waals surface area contributed by atoms with E-state index in [0.717, 1.165) is 52.2 Å². The smallest absolute Gasteiger partial charge is 0.248 e. The lowest BCUT2D eigenvalue weighted by Gasteiger charge is -2.24. The molecule has 1 amide bonds. The number of aliphatic hydroxyl groups excluding tert-OH is 1. The van der Waals surface area contributed by atoms with Gasteiger partial charge in [0, 0.05) is 18.3 Å². The Kier molecular flexibility index (Phi) is 7.18. The molecule has 2 aromatic heterocycles. The molecule has 3 heterocycles. The van der Waals surface area contributed by atoms with E-state index in [1.807, 2.05) is 56.3 Å². The fourth-order valence-electron chi connectivity index (χ4n) is 4.57. The minimum Gasteiger partial charge on any atom is -0.491 e. The van der Waals surface area contributed by atoms with Gasteiger partial charge in [-0.15, -0.1) is 0 Å². The van der Waals surface area contributed by atoms with E-state index in [1.54, 1.807) is 4.90 Å². The Bertz CT molecular complexity index is 1400. The van der Waals surface area contributed by atoms with Gasteiger partial charge in [-0.1, -0.05) is 11.2 Å². The Balaban J connectivity index is 1.33. The fraction of sp³-hybridized carbons (Fsp3) is 0.333. The Morgan fingerprint density at radius 2 is 2.05 bits per heavy atom. The average molecular weight is 504 g/mol. The number of amides is 1. The summed E-state index contributed by atoms with van der Waals surface area (Å²) in [5.41, 5.74) is 3.27. The summed E-state index contributed by atoms with van der Waals surface area (Å²) in [6, 6.07) is 13.2. The summed E-state index contributed by atoms with van der Waals surface area (Å²) in [6.45, 7) is 4.62. The zero-order valence-corrected chi connectivity index (χ0v) is 20.8. The van der Waals surface area contributed by atoms with Crippen LogP contribution in [0.5, 0.6) is 11.5 Å². The van der Waals surface area contributed by atoms with Crippen LogP contribution in [-0.2, 0) is 11.4 Å². The molecule has 2 N–H and O–H groups in total. The standard InChI is InChI=1S/C27H29N5O5/c1-17-11-19(8-9-23(17)35-14-20-12-18(2)37-31-20)30-27-26-22(28-16-29-27)6-3-7-24(26)36-15-21-5-4-10-32(21)25(34)13-33/h3,6-9,11-12,16,21,33H,4-5,10,13-15H2,1-2H3,(H,28,29,30)/t21-/m1/s1. The second-order valence-electron chi connectivity index (χ2n) is 9.05. The van der Waals surface area contributed by atoms with Gasteiger partial charge in [0.1, 0.15) is 54.9 Å². The number of ether oxygens (including phenoxy) is 2. The lowest BCUT2D eigenvalue weighted by molar-refractivity contribution is -0.135. The summed E-state index contributed by atoms with van der Waals surface area (Å²) in [6.07, 6.45) is 3.24. The van der Waals surface area contributed by atoms with Gasteiger partial charge in [-0.3, -0.25) is 4.79 Å². The minimum absolute atomic E-state index is 0.0766. The van der Waals surface area contributed by atoms with Crippen molar-refractivity contribution in [3.8, 4) is 11.5 Å². The maximum Gasteiger partial charge on any atom is 0.248 e. The van der Waals surface area contributed by atoms with E-state index in [4.69, 9.17) is 14.0 Å². The second kappa shape index (κ2) is 10.8. The van der Waals surface area contributed by atoms with Crippen molar-refractivity contribution in [3.63, 3.8) is 0 Å². The van der Waals surface area contributed by atoms with Crippen molar-refractivity contribution in [1.82, 2.24) is 20.0 Å². The normalized spacial score (nSPS) is 15.2. The van der Waals surface area contributed by atoms with Crippen molar-refractivity contribution in [2.24, 2.45) is 0 Å². The van der Waals surface area contributed by atoms with Gasteiger partial charge in [0.2, 0.25) is 5.91 Å².